The van der Waals surface area contributed by atoms with Crippen LogP contribution < -0.4 is 9.62 Å². The molecule has 3 aromatic rings. The van der Waals surface area contributed by atoms with Crippen molar-refractivity contribution in [1.82, 2.24) is 5.32 Å². The summed E-state index contributed by atoms with van der Waals surface area (Å²) in [6.07, 6.45) is 1.35. The van der Waals surface area contributed by atoms with E-state index in [0.717, 1.165) is 28.5 Å². The summed E-state index contributed by atoms with van der Waals surface area (Å²) in [5.41, 5.74) is 4.74. The van der Waals surface area contributed by atoms with Crippen molar-refractivity contribution in [3.05, 3.63) is 94.5 Å². The molecule has 0 unspecified atom stereocenters. The molecule has 1 N–H and O–H groups in total. The monoisotopic (exact) mass is 464 g/mol. The van der Waals surface area contributed by atoms with Crippen LogP contribution in [0.5, 0.6) is 0 Å². The van der Waals surface area contributed by atoms with Crippen molar-refractivity contribution in [1.29, 1.82) is 0 Å². The number of amides is 1. The lowest BCUT2D eigenvalue weighted by Crippen LogP contribution is -2.41. The van der Waals surface area contributed by atoms with E-state index >= 15 is 0 Å². The third-order valence-corrected chi connectivity index (χ3v) is 7.37. The molecule has 33 heavy (non-hydrogen) atoms. The van der Waals surface area contributed by atoms with E-state index in [1.165, 1.54) is 4.31 Å². The minimum atomic E-state index is -3.95. The second-order valence-corrected chi connectivity index (χ2v) is 9.87. The van der Waals surface area contributed by atoms with Gasteiger partial charge in [0.1, 0.15) is 12.8 Å². The third kappa shape index (κ3) is 5.87. The standard InChI is InChI=1S/C26H28N2O4S/c1-19-7-13-24(14-8-19)33(31,32)28(25-6-4-5-20(2)21(25)3)17-26(30)27-16-15-22-9-11-23(18-29)12-10-22/h4-14,18H,15-17H2,1-3H3,(H,27,30). The highest BCUT2D eigenvalue weighted by Crippen LogP contribution is 2.28. The van der Waals surface area contributed by atoms with Crippen LogP contribution in [0.4, 0.5) is 5.69 Å². The number of hydrogen-bond acceptors (Lipinski definition) is 4. The molecular formula is C26H28N2O4S. The Kier molecular flexibility index (Phi) is 7.66. The summed E-state index contributed by atoms with van der Waals surface area (Å²) in [6.45, 7) is 5.67. The van der Waals surface area contributed by atoms with Crippen molar-refractivity contribution >= 4 is 27.9 Å². The second kappa shape index (κ2) is 10.4. The number of carbonyl (C=O) groups excluding carboxylic acids is 2. The fourth-order valence-corrected chi connectivity index (χ4v) is 4.92. The maximum absolute atomic E-state index is 13.5. The Balaban J connectivity index is 1.80. The molecule has 0 heterocycles. The molecule has 0 bridgehead atoms. The van der Waals surface area contributed by atoms with E-state index in [9.17, 15) is 18.0 Å². The van der Waals surface area contributed by atoms with E-state index in [0.29, 0.717) is 24.2 Å². The zero-order valence-corrected chi connectivity index (χ0v) is 19.9. The van der Waals surface area contributed by atoms with Crippen molar-refractivity contribution in [2.75, 3.05) is 17.4 Å². The van der Waals surface area contributed by atoms with Gasteiger partial charge in [0.25, 0.3) is 10.0 Å². The van der Waals surface area contributed by atoms with Crippen LogP contribution in [0, 0.1) is 20.8 Å². The SMILES string of the molecule is Cc1ccc(S(=O)(=O)N(CC(=O)NCCc2ccc(C=O)cc2)c2cccc(C)c2C)cc1. The van der Waals surface area contributed by atoms with Gasteiger partial charge in [-0.1, -0.05) is 54.1 Å². The lowest BCUT2D eigenvalue weighted by Gasteiger charge is -2.26. The minimum Gasteiger partial charge on any atom is -0.354 e. The summed E-state index contributed by atoms with van der Waals surface area (Å²) in [5, 5.41) is 2.81. The van der Waals surface area contributed by atoms with E-state index in [1.54, 1.807) is 48.5 Å². The van der Waals surface area contributed by atoms with Crippen LogP contribution >= 0.6 is 0 Å². The number of aryl methyl sites for hydroxylation is 2. The highest BCUT2D eigenvalue weighted by molar-refractivity contribution is 7.92. The maximum atomic E-state index is 13.5. The van der Waals surface area contributed by atoms with E-state index in [4.69, 9.17) is 0 Å². The quantitative estimate of drug-likeness (QED) is 0.486. The Morgan fingerprint density at radius 2 is 1.61 bits per heavy atom. The van der Waals surface area contributed by atoms with Gasteiger partial charge < -0.3 is 5.32 Å². The number of sulfonamides is 1. The van der Waals surface area contributed by atoms with Crippen molar-refractivity contribution in [3.63, 3.8) is 0 Å². The second-order valence-electron chi connectivity index (χ2n) is 8.00. The summed E-state index contributed by atoms with van der Waals surface area (Å²) >= 11 is 0. The Morgan fingerprint density at radius 1 is 0.939 bits per heavy atom. The van der Waals surface area contributed by atoms with Crippen LogP contribution in [-0.4, -0.2) is 33.7 Å². The molecular weight excluding hydrogens is 436 g/mol. The van der Waals surface area contributed by atoms with Gasteiger partial charge in [0.05, 0.1) is 10.6 Å². The molecule has 0 aliphatic rings. The van der Waals surface area contributed by atoms with Crippen molar-refractivity contribution in [2.45, 2.75) is 32.1 Å². The van der Waals surface area contributed by atoms with Crippen LogP contribution in [0.15, 0.2) is 71.6 Å². The van der Waals surface area contributed by atoms with Crippen LogP contribution in [0.25, 0.3) is 0 Å². The van der Waals surface area contributed by atoms with Gasteiger partial charge in [-0.25, -0.2) is 8.42 Å². The van der Waals surface area contributed by atoms with Gasteiger partial charge >= 0.3 is 0 Å². The minimum absolute atomic E-state index is 0.136. The normalized spacial score (nSPS) is 11.1. The van der Waals surface area contributed by atoms with E-state index < -0.39 is 15.9 Å². The number of benzene rings is 3. The fourth-order valence-electron chi connectivity index (χ4n) is 3.44. The largest absolute Gasteiger partial charge is 0.354 e. The first-order valence-corrected chi connectivity index (χ1v) is 12.1. The molecule has 3 aromatic carbocycles. The average molecular weight is 465 g/mol. The smallest absolute Gasteiger partial charge is 0.264 e. The number of nitrogens with zero attached hydrogens (tertiary/aromatic N) is 1. The molecule has 0 radical (unpaired) electrons. The number of nitrogens with one attached hydrogen (secondary N) is 1. The van der Waals surface area contributed by atoms with E-state index in [1.807, 2.05) is 39.0 Å². The number of aldehydes is 1. The van der Waals surface area contributed by atoms with Crippen molar-refractivity contribution in [3.8, 4) is 0 Å². The number of rotatable bonds is 9. The summed E-state index contributed by atoms with van der Waals surface area (Å²) in [6, 6.07) is 19.1. The molecule has 0 atom stereocenters. The van der Waals surface area contributed by atoms with Crippen molar-refractivity contribution in [2.24, 2.45) is 0 Å². The molecule has 7 heteroatoms. The molecule has 0 aliphatic carbocycles. The predicted molar refractivity (Wildman–Crippen MR) is 130 cm³/mol. The molecule has 0 aliphatic heterocycles. The van der Waals surface area contributed by atoms with Crippen LogP contribution in [0.1, 0.15) is 32.6 Å². The number of anilines is 1. The average Bonchev–Trinajstić information content (AvgIpc) is 2.80. The van der Waals surface area contributed by atoms with Gasteiger partial charge in [0.15, 0.2) is 0 Å². The molecule has 3 rings (SSSR count). The van der Waals surface area contributed by atoms with E-state index in [2.05, 4.69) is 5.32 Å². The molecule has 6 nitrogen and oxygen atoms in total. The topological polar surface area (TPSA) is 83.6 Å². The van der Waals surface area contributed by atoms with Gasteiger partial charge in [-0.3, -0.25) is 13.9 Å². The summed E-state index contributed by atoms with van der Waals surface area (Å²) < 4.78 is 28.2. The molecule has 0 aromatic heterocycles. The lowest BCUT2D eigenvalue weighted by molar-refractivity contribution is -0.119. The number of carbonyl (C=O) groups is 2. The zero-order valence-electron chi connectivity index (χ0n) is 19.0. The molecule has 0 fully saturated rings. The highest BCUT2D eigenvalue weighted by Gasteiger charge is 2.28. The molecule has 0 spiro atoms. The van der Waals surface area contributed by atoms with Gasteiger partial charge in [0.2, 0.25) is 5.91 Å². The van der Waals surface area contributed by atoms with Crippen LogP contribution in [-0.2, 0) is 21.2 Å². The van der Waals surface area contributed by atoms with Crippen LogP contribution in [0.2, 0.25) is 0 Å². The Bertz CT molecular complexity index is 1230. The van der Waals surface area contributed by atoms with Crippen LogP contribution in [0.3, 0.4) is 0 Å². The van der Waals surface area contributed by atoms with Gasteiger partial charge in [-0.15, -0.1) is 0 Å². The molecule has 0 saturated heterocycles. The van der Waals surface area contributed by atoms with Crippen molar-refractivity contribution < 1.29 is 18.0 Å². The summed E-state index contributed by atoms with van der Waals surface area (Å²) in [4.78, 5) is 23.7. The highest BCUT2D eigenvalue weighted by atomic mass is 32.2. The Morgan fingerprint density at radius 3 is 2.24 bits per heavy atom. The Labute approximate surface area is 195 Å². The van der Waals surface area contributed by atoms with E-state index in [-0.39, 0.29) is 11.4 Å². The Hall–Kier alpha value is -3.45. The van der Waals surface area contributed by atoms with Gasteiger partial charge in [-0.05, 0) is 62.1 Å². The lowest BCUT2D eigenvalue weighted by atomic mass is 10.1. The number of hydrogen-bond donors (Lipinski definition) is 1. The summed E-state index contributed by atoms with van der Waals surface area (Å²) in [5.74, 6) is -0.392. The fraction of sp³-hybridized carbons (Fsp3) is 0.231. The first kappa shape index (κ1) is 24.2. The predicted octanol–water partition coefficient (Wildman–Crippen LogP) is 3.98. The maximum Gasteiger partial charge on any atom is 0.264 e. The molecule has 172 valence electrons. The first-order chi connectivity index (χ1) is 15.7. The zero-order chi connectivity index (χ0) is 24.0. The molecule has 1 amide bonds. The van der Waals surface area contributed by atoms with Gasteiger partial charge in [-0.2, -0.15) is 0 Å². The molecule has 0 saturated carbocycles. The van der Waals surface area contributed by atoms with Gasteiger partial charge in [0, 0.05) is 12.1 Å². The first-order valence-electron chi connectivity index (χ1n) is 10.7. The third-order valence-electron chi connectivity index (χ3n) is 5.59. The summed E-state index contributed by atoms with van der Waals surface area (Å²) in [7, 11) is -3.95.